The molecule has 1 amide bonds. The highest BCUT2D eigenvalue weighted by Gasteiger charge is 2.26. The molecule has 1 aromatic heterocycles. The van der Waals surface area contributed by atoms with Crippen molar-refractivity contribution in [1.82, 2.24) is 15.5 Å². The molecule has 1 aromatic rings. The van der Waals surface area contributed by atoms with Gasteiger partial charge in [0.05, 0.1) is 11.7 Å². The number of hydrogen-bond acceptors (Lipinski definition) is 3. The number of halogens is 1. The van der Waals surface area contributed by atoms with Crippen molar-refractivity contribution >= 4 is 18.3 Å². The number of nitrogens with zero attached hydrogens (tertiary/aromatic N) is 1. The van der Waals surface area contributed by atoms with Gasteiger partial charge in [-0.3, -0.25) is 9.89 Å². The number of H-pyrrole nitrogens is 1. The van der Waals surface area contributed by atoms with Crippen LogP contribution in [0.1, 0.15) is 44.4 Å². The molecule has 4 N–H and O–H groups in total. The Hall–Kier alpha value is -1.07. The maximum absolute atomic E-state index is 11.8. The molecule has 0 saturated heterocycles. The summed E-state index contributed by atoms with van der Waals surface area (Å²) in [5.41, 5.74) is 7.49. The molecule has 1 rings (SSSR count). The molecule has 0 saturated carbocycles. The normalized spacial score (nSPS) is 13.5. The molecule has 0 bridgehead atoms. The summed E-state index contributed by atoms with van der Waals surface area (Å²) < 4.78 is 0. The van der Waals surface area contributed by atoms with Gasteiger partial charge in [0.25, 0.3) is 0 Å². The Morgan fingerprint density at radius 2 is 2.26 bits per heavy atom. The lowest BCUT2D eigenvalue weighted by atomic mass is 9.96. The Morgan fingerprint density at radius 3 is 2.79 bits per heavy atom. The average molecular weight is 289 g/mol. The van der Waals surface area contributed by atoms with Gasteiger partial charge in [-0.25, -0.2) is 0 Å². The Morgan fingerprint density at radius 1 is 1.58 bits per heavy atom. The standard InChI is InChI=1S/C13H24N4O.ClH/c1-4-7-13(3,14)12(18)15-8-5-6-11-9-16-17-10(11)2;/h9H,4-8,14H2,1-3H3,(H,15,18)(H,16,17);1H. The minimum Gasteiger partial charge on any atom is -0.355 e. The van der Waals surface area contributed by atoms with Crippen LogP contribution in [0.15, 0.2) is 6.20 Å². The fraction of sp³-hybridized carbons (Fsp3) is 0.692. The van der Waals surface area contributed by atoms with Crippen LogP contribution < -0.4 is 11.1 Å². The minimum absolute atomic E-state index is 0. The second-order valence-corrected chi connectivity index (χ2v) is 5.05. The minimum atomic E-state index is -0.750. The highest BCUT2D eigenvalue weighted by atomic mass is 35.5. The number of carbonyl (C=O) groups is 1. The van der Waals surface area contributed by atoms with E-state index in [1.54, 1.807) is 6.92 Å². The van der Waals surface area contributed by atoms with Crippen molar-refractivity contribution in [3.8, 4) is 0 Å². The zero-order chi connectivity index (χ0) is 13.6. The maximum atomic E-state index is 11.8. The van der Waals surface area contributed by atoms with Crippen molar-refractivity contribution < 1.29 is 4.79 Å². The molecule has 0 aliphatic rings. The quantitative estimate of drug-likeness (QED) is 0.668. The second kappa shape index (κ2) is 8.17. The molecule has 0 spiro atoms. The van der Waals surface area contributed by atoms with Crippen molar-refractivity contribution in [2.45, 2.75) is 52.0 Å². The molecular weight excluding hydrogens is 264 g/mol. The van der Waals surface area contributed by atoms with Gasteiger partial charge in [-0.15, -0.1) is 12.4 Å². The highest BCUT2D eigenvalue weighted by molar-refractivity contribution is 5.85. The fourth-order valence-electron chi connectivity index (χ4n) is 1.94. The SMILES string of the molecule is CCCC(C)(N)C(=O)NCCCc1cn[nH]c1C.Cl. The molecule has 5 nitrogen and oxygen atoms in total. The van der Waals surface area contributed by atoms with Gasteiger partial charge >= 0.3 is 0 Å². The summed E-state index contributed by atoms with van der Waals surface area (Å²) in [5, 5.41) is 9.76. The van der Waals surface area contributed by atoms with Crippen LogP contribution in [-0.4, -0.2) is 28.2 Å². The average Bonchev–Trinajstić information content (AvgIpc) is 2.70. The number of nitrogens with two attached hydrogens (primary N) is 1. The van der Waals surface area contributed by atoms with E-state index >= 15 is 0 Å². The van der Waals surface area contributed by atoms with Gasteiger partial charge < -0.3 is 11.1 Å². The molecule has 0 aliphatic carbocycles. The molecule has 0 radical (unpaired) electrons. The zero-order valence-corrected chi connectivity index (χ0v) is 12.8. The molecule has 1 unspecified atom stereocenters. The van der Waals surface area contributed by atoms with Crippen LogP contribution in [0, 0.1) is 6.92 Å². The van der Waals surface area contributed by atoms with Gasteiger partial charge in [-0.05, 0) is 38.7 Å². The predicted octanol–water partition coefficient (Wildman–Crippen LogP) is 1.71. The summed E-state index contributed by atoms with van der Waals surface area (Å²) in [6, 6.07) is 0. The van der Waals surface area contributed by atoms with E-state index < -0.39 is 5.54 Å². The van der Waals surface area contributed by atoms with Crippen molar-refractivity contribution in [2.75, 3.05) is 6.54 Å². The van der Waals surface area contributed by atoms with Crippen LogP contribution >= 0.6 is 12.4 Å². The van der Waals surface area contributed by atoms with E-state index in [-0.39, 0.29) is 18.3 Å². The lowest BCUT2D eigenvalue weighted by Crippen LogP contribution is -2.51. The van der Waals surface area contributed by atoms with Gasteiger partial charge in [-0.2, -0.15) is 5.10 Å². The first kappa shape index (κ1) is 17.9. The molecule has 6 heteroatoms. The molecule has 0 aliphatic heterocycles. The van der Waals surface area contributed by atoms with Gasteiger partial charge in [0.1, 0.15) is 0 Å². The van der Waals surface area contributed by atoms with Crippen LogP contribution in [-0.2, 0) is 11.2 Å². The number of aromatic amines is 1. The number of nitrogens with one attached hydrogen (secondary N) is 2. The highest BCUT2D eigenvalue weighted by Crippen LogP contribution is 2.09. The van der Waals surface area contributed by atoms with E-state index in [2.05, 4.69) is 15.5 Å². The number of aromatic nitrogens is 2. The lowest BCUT2D eigenvalue weighted by molar-refractivity contribution is -0.126. The second-order valence-electron chi connectivity index (χ2n) is 5.05. The van der Waals surface area contributed by atoms with Gasteiger partial charge in [0.2, 0.25) is 5.91 Å². The van der Waals surface area contributed by atoms with Gasteiger partial charge in [0.15, 0.2) is 0 Å². The third-order valence-corrected chi connectivity index (χ3v) is 3.13. The Bertz CT molecular complexity index is 390. The maximum Gasteiger partial charge on any atom is 0.239 e. The number of rotatable bonds is 7. The summed E-state index contributed by atoms with van der Waals surface area (Å²) in [6.07, 6.45) is 5.27. The summed E-state index contributed by atoms with van der Waals surface area (Å²) in [5.74, 6) is -0.0618. The Kier molecular flexibility index (Phi) is 7.71. The molecule has 0 aromatic carbocycles. The molecule has 1 heterocycles. The molecule has 1 atom stereocenters. The number of amides is 1. The van der Waals surface area contributed by atoms with Crippen LogP contribution in [0.25, 0.3) is 0 Å². The third kappa shape index (κ3) is 5.61. The topological polar surface area (TPSA) is 83.8 Å². The number of hydrogen-bond donors (Lipinski definition) is 3. The first-order valence-electron chi connectivity index (χ1n) is 6.53. The van der Waals surface area contributed by atoms with Crippen molar-refractivity contribution in [3.63, 3.8) is 0 Å². The van der Waals surface area contributed by atoms with E-state index in [9.17, 15) is 4.79 Å². The zero-order valence-electron chi connectivity index (χ0n) is 12.0. The molecule has 0 fully saturated rings. The third-order valence-electron chi connectivity index (χ3n) is 3.13. The number of carbonyl (C=O) groups excluding carboxylic acids is 1. The monoisotopic (exact) mass is 288 g/mol. The molecular formula is C13H25ClN4O. The number of aryl methyl sites for hydroxylation is 2. The van der Waals surface area contributed by atoms with Crippen LogP contribution in [0.2, 0.25) is 0 Å². The first-order chi connectivity index (χ1) is 8.47. The fourth-order valence-corrected chi connectivity index (χ4v) is 1.94. The Balaban J connectivity index is 0.00000324. The van der Waals surface area contributed by atoms with E-state index in [1.807, 2.05) is 20.0 Å². The van der Waals surface area contributed by atoms with Crippen molar-refractivity contribution in [1.29, 1.82) is 0 Å². The Labute approximate surface area is 121 Å². The van der Waals surface area contributed by atoms with Gasteiger partial charge in [0, 0.05) is 12.2 Å². The van der Waals surface area contributed by atoms with Crippen molar-refractivity contribution in [3.05, 3.63) is 17.5 Å². The van der Waals surface area contributed by atoms with Crippen molar-refractivity contribution in [2.24, 2.45) is 5.73 Å². The first-order valence-corrected chi connectivity index (χ1v) is 6.53. The van der Waals surface area contributed by atoms with E-state index in [0.29, 0.717) is 13.0 Å². The van der Waals surface area contributed by atoms with Crippen LogP contribution in [0.4, 0.5) is 0 Å². The van der Waals surface area contributed by atoms with E-state index in [0.717, 1.165) is 25.0 Å². The smallest absolute Gasteiger partial charge is 0.239 e. The van der Waals surface area contributed by atoms with E-state index in [1.165, 1.54) is 5.56 Å². The van der Waals surface area contributed by atoms with Gasteiger partial charge in [-0.1, -0.05) is 13.3 Å². The summed E-state index contributed by atoms with van der Waals surface area (Å²) in [7, 11) is 0. The summed E-state index contributed by atoms with van der Waals surface area (Å²) in [6.45, 7) is 6.46. The summed E-state index contributed by atoms with van der Waals surface area (Å²) >= 11 is 0. The molecule has 19 heavy (non-hydrogen) atoms. The largest absolute Gasteiger partial charge is 0.355 e. The van der Waals surface area contributed by atoms with E-state index in [4.69, 9.17) is 5.73 Å². The molecule has 110 valence electrons. The van der Waals surface area contributed by atoms with Crippen LogP contribution in [0.5, 0.6) is 0 Å². The van der Waals surface area contributed by atoms with Crippen LogP contribution in [0.3, 0.4) is 0 Å². The summed E-state index contributed by atoms with van der Waals surface area (Å²) in [4.78, 5) is 11.8. The lowest BCUT2D eigenvalue weighted by Gasteiger charge is -2.22. The predicted molar refractivity (Wildman–Crippen MR) is 79.4 cm³/mol.